The predicted molar refractivity (Wildman–Crippen MR) is 85.2 cm³/mol. The van der Waals surface area contributed by atoms with Crippen molar-refractivity contribution in [1.82, 2.24) is 5.32 Å². The van der Waals surface area contributed by atoms with Crippen LogP contribution in [0.15, 0.2) is 23.4 Å². The molecule has 132 valence electrons. The van der Waals surface area contributed by atoms with Crippen molar-refractivity contribution in [1.29, 1.82) is 0 Å². The van der Waals surface area contributed by atoms with Crippen molar-refractivity contribution in [3.8, 4) is 0 Å². The Morgan fingerprint density at radius 2 is 2.12 bits per heavy atom. The molecule has 0 saturated carbocycles. The highest BCUT2D eigenvalue weighted by molar-refractivity contribution is 5.94. The number of rotatable bonds is 4. The molecule has 1 aliphatic heterocycles. The van der Waals surface area contributed by atoms with E-state index in [4.69, 9.17) is 4.84 Å². The lowest BCUT2D eigenvalue weighted by Crippen LogP contribution is -2.33. The van der Waals surface area contributed by atoms with Gasteiger partial charge in [-0.1, -0.05) is 25.1 Å². The van der Waals surface area contributed by atoms with E-state index < -0.39 is 17.8 Å². The van der Waals surface area contributed by atoms with Gasteiger partial charge in [0.05, 0.1) is 17.8 Å². The van der Waals surface area contributed by atoms with Crippen LogP contribution in [0.1, 0.15) is 44.2 Å². The minimum absolute atomic E-state index is 0.0252. The van der Waals surface area contributed by atoms with Gasteiger partial charge >= 0.3 is 12.2 Å². The van der Waals surface area contributed by atoms with Crippen LogP contribution in [0.5, 0.6) is 0 Å². The Bertz CT molecular complexity index is 642. The monoisotopic (exact) mass is 343 g/mol. The molecule has 0 bridgehead atoms. The Morgan fingerprint density at radius 3 is 2.67 bits per heavy atom. The predicted octanol–water partition coefficient (Wildman–Crippen LogP) is 4.12. The van der Waals surface area contributed by atoms with Gasteiger partial charge < -0.3 is 15.5 Å². The second kappa shape index (κ2) is 7.11. The first kappa shape index (κ1) is 18.1. The van der Waals surface area contributed by atoms with E-state index in [1.54, 1.807) is 13.8 Å². The van der Waals surface area contributed by atoms with Gasteiger partial charge in [0.15, 0.2) is 0 Å². The first-order valence-corrected chi connectivity index (χ1v) is 7.64. The van der Waals surface area contributed by atoms with Crippen molar-refractivity contribution in [2.75, 3.05) is 11.9 Å². The third kappa shape index (κ3) is 4.62. The summed E-state index contributed by atoms with van der Waals surface area (Å²) in [6.45, 7) is 5.42. The number of oxime groups is 1. The van der Waals surface area contributed by atoms with E-state index in [1.165, 1.54) is 12.1 Å². The fourth-order valence-corrected chi connectivity index (χ4v) is 2.42. The van der Waals surface area contributed by atoms with Crippen molar-refractivity contribution in [2.45, 2.75) is 45.4 Å². The lowest BCUT2D eigenvalue weighted by molar-refractivity contribution is -0.138. The summed E-state index contributed by atoms with van der Waals surface area (Å²) >= 11 is 0. The highest BCUT2D eigenvalue weighted by Gasteiger charge is 2.34. The number of urea groups is 1. The smallest absolute Gasteiger partial charge is 0.392 e. The van der Waals surface area contributed by atoms with Crippen molar-refractivity contribution < 1.29 is 22.8 Å². The molecule has 1 atom stereocenters. The van der Waals surface area contributed by atoms with Crippen molar-refractivity contribution in [3.05, 3.63) is 29.3 Å². The molecule has 5 nitrogen and oxygen atoms in total. The van der Waals surface area contributed by atoms with Crippen LogP contribution in [-0.2, 0) is 11.0 Å². The molecule has 0 spiro atoms. The number of benzene rings is 1. The number of hydrogen-bond acceptors (Lipinski definition) is 3. The standard InChI is InChI=1S/C16H20F3N3O2/c1-9(2)13-5-4-11(7-14(13)16(17,18)19)21-15(23)20-8-12-6-10(3)24-22-12/h4-5,7,9-10H,6,8H2,1-3H3,(H2,20,21,23). The summed E-state index contributed by atoms with van der Waals surface area (Å²) < 4.78 is 39.5. The fourth-order valence-electron chi connectivity index (χ4n) is 2.42. The summed E-state index contributed by atoms with van der Waals surface area (Å²) in [6.07, 6.45) is -3.88. The minimum atomic E-state index is -4.47. The number of hydrogen-bond donors (Lipinski definition) is 2. The summed E-state index contributed by atoms with van der Waals surface area (Å²) in [6, 6.07) is 3.21. The zero-order chi connectivity index (χ0) is 17.9. The molecule has 8 heteroatoms. The first-order valence-electron chi connectivity index (χ1n) is 7.64. The zero-order valence-corrected chi connectivity index (χ0v) is 13.7. The van der Waals surface area contributed by atoms with E-state index in [-0.39, 0.29) is 29.8 Å². The molecular formula is C16H20F3N3O2. The quantitative estimate of drug-likeness (QED) is 0.864. The molecule has 24 heavy (non-hydrogen) atoms. The summed E-state index contributed by atoms with van der Waals surface area (Å²) in [5.74, 6) is -0.271. The van der Waals surface area contributed by atoms with Crippen LogP contribution in [-0.4, -0.2) is 24.4 Å². The van der Waals surface area contributed by atoms with Gasteiger partial charge in [0.1, 0.15) is 6.10 Å². The summed E-state index contributed by atoms with van der Waals surface area (Å²) in [5.41, 5.74) is 0.226. The normalized spacial score (nSPS) is 17.5. The van der Waals surface area contributed by atoms with Gasteiger partial charge in [-0.2, -0.15) is 13.2 Å². The number of nitrogens with zero attached hydrogens (tertiary/aromatic N) is 1. The molecule has 0 aromatic heterocycles. The molecule has 1 aromatic carbocycles. The van der Waals surface area contributed by atoms with Crippen molar-refractivity contribution in [3.63, 3.8) is 0 Å². The first-order chi connectivity index (χ1) is 11.2. The van der Waals surface area contributed by atoms with E-state index in [0.29, 0.717) is 12.1 Å². The Balaban J connectivity index is 2.03. The molecule has 1 aromatic rings. The van der Waals surface area contributed by atoms with Crippen LogP contribution >= 0.6 is 0 Å². The Morgan fingerprint density at radius 1 is 1.42 bits per heavy atom. The summed E-state index contributed by atoms with van der Waals surface area (Å²) in [4.78, 5) is 16.8. The van der Waals surface area contributed by atoms with Crippen LogP contribution in [0.2, 0.25) is 0 Å². The second-order valence-corrected chi connectivity index (χ2v) is 6.04. The summed E-state index contributed by atoms with van der Waals surface area (Å²) in [7, 11) is 0. The molecule has 0 aliphatic carbocycles. The SMILES string of the molecule is CC1CC(CNC(=O)Nc2ccc(C(C)C)c(C(F)(F)F)c2)=NO1. The van der Waals surface area contributed by atoms with Crippen LogP contribution in [0.25, 0.3) is 0 Å². The molecule has 0 fully saturated rings. The van der Waals surface area contributed by atoms with Gasteiger partial charge in [-0.15, -0.1) is 0 Å². The van der Waals surface area contributed by atoms with E-state index in [0.717, 1.165) is 6.07 Å². The van der Waals surface area contributed by atoms with Gasteiger partial charge in [0.2, 0.25) is 0 Å². The third-order valence-electron chi connectivity index (χ3n) is 3.58. The molecule has 0 radical (unpaired) electrons. The largest absolute Gasteiger partial charge is 0.416 e. The number of halogens is 3. The maximum atomic E-state index is 13.2. The molecule has 2 N–H and O–H groups in total. The highest BCUT2D eigenvalue weighted by atomic mass is 19.4. The fraction of sp³-hybridized carbons (Fsp3) is 0.500. The van der Waals surface area contributed by atoms with Gasteiger partial charge in [-0.3, -0.25) is 0 Å². The van der Waals surface area contributed by atoms with Crippen LogP contribution in [0.3, 0.4) is 0 Å². The number of carbonyl (C=O) groups is 1. The zero-order valence-electron chi connectivity index (χ0n) is 13.7. The molecule has 1 aliphatic rings. The number of alkyl halides is 3. The molecule has 1 unspecified atom stereocenters. The number of carbonyl (C=O) groups excluding carboxylic acids is 1. The number of nitrogens with one attached hydrogen (secondary N) is 2. The van der Waals surface area contributed by atoms with Gasteiger partial charge in [0, 0.05) is 12.1 Å². The molecule has 2 amide bonds. The molecule has 0 saturated heterocycles. The minimum Gasteiger partial charge on any atom is -0.392 e. The number of amides is 2. The van der Waals surface area contributed by atoms with E-state index in [9.17, 15) is 18.0 Å². The molecular weight excluding hydrogens is 323 g/mol. The topological polar surface area (TPSA) is 62.7 Å². The Kier molecular flexibility index (Phi) is 5.36. The van der Waals surface area contributed by atoms with Gasteiger partial charge in [-0.25, -0.2) is 4.79 Å². The molecule has 2 rings (SSSR count). The summed E-state index contributed by atoms with van der Waals surface area (Å²) in [5, 5.41) is 8.76. The van der Waals surface area contributed by atoms with Crippen LogP contribution in [0, 0.1) is 0 Å². The maximum absolute atomic E-state index is 13.2. The van der Waals surface area contributed by atoms with Gasteiger partial charge in [0.25, 0.3) is 0 Å². The lowest BCUT2D eigenvalue weighted by Gasteiger charge is -2.17. The van der Waals surface area contributed by atoms with E-state index >= 15 is 0 Å². The second-order valence-electron chi connectivity index (χ2n) is 6.04. The van der Waals surface area contributed by atoms with Crippen LogP contribution in [0.4, 0.5) is 23.7 Å². The maximum Gasteiger partial charge on any atom is 0.416 e. The van der Waals surface area contributed by atoms with Crippen molar-refractivity contribution >= 4 is 17.4 Å². The Hall–Kier alpha value is -2.25. The number of anilines is 1. The Labute approximate surface area is 138 Å². The average molecular weight is 343 g/mol. The van der Waals surface area contributed by atoms with Crippen LogP contribution < -0.4 is 10.6 Å². The van der Waals surface area contributed by atoms with E-state index in [2.05, 4.69) is 15.8 Å². The van der Waals surface area contributed by atoms with E-state index in [1.807, 2.05) is 6.92 Å². The van der Waals surface area contributed by atoms with Gasteiger partial charge in [-0.05, 0) is 30.5 Å². The lowest BCUT2D eigenvalue weighted by atomic mass is 9.96. The molecule has 1 heterocycles. The third-order valence-corrected chi connectivity index (χ3v) is 3.58. The van der Waals surface area contributed by atoms with Crippen molar-refractivity contribution in [2.24, 2.45) is 5.16 Å². The highest BCUT2D eigenvalue weighted by Crippen LogP contribution is 2.36. The average Bonchev–Trinajstić information content (AvgIpc) is 2.89.